The van der Waals surface area contributed by atoms with E-state index in [0.29, 0.717) is 12.1 Å². The van der Waals surface area contributed by atoms with Crippen LogP contribution in [0.25, 0.3) is 0 Å². The van der Waals surface area contributed by atoms with Crippen LogP contribution >= 0.6 is 0 Å². The van der Waals surface area contributed by atoms with E-state index in [9.17, 15) is 4.79 Å². The molecule has 94 valence electrons. The fraction of sp³-hybridized carbons (Fsp3) is 0.500. The quantitative estimate of drug-likeness (QED) is 0.702. The molecule has 1 atom stereocenters. The molecule has 0 aliphatic rings. The molecule has 1 rings (SSSR count). The molecule has 0 aliphatic heterocycles. The summed E-state index contributed by atoms with van der Waals surface area (Å²) in [6, 6.07) is 1.83. The molecule has 1 aromatic heterocycles. The van der Waals surface area contributed by atoms with Gasteiger partial charge >= 0.3 is 5.97 Å². The predicted octanol–water partition coefficient (Wildman–Crippen LogP) is 1.66. The zero-order chi connectivity index (χ0) is 12.8. The molecule has 5 heteroatoms. The van der Waals surface area contributed by atoms with Crippen LogP contribution in [0.5, 0.6) is 0 Å². The highest BCUT2D eigenvalue weighted by Gasteiger charge is 2.12. The van der Waals surface area contributed by atoms with Crippen molar-refractivity contribution < 1.29 is 15.0 Å². The lowest BCUT2D eigenvalue weighted by Crippen LogP contribution is -2.18. The summed E-state index contributed by atoms with van der Waals surface area (Å²) in [4.78, 5) is 15.0. The van der Waals surface area contributed by atoms with Crippen molar-refractivity contribution in [2.75, 3.05) is 11.9 Å². The van der Waals surface area contributed by atoms with Gasteiger partial charge in [0.2, 0.25) is 0 Å². The molecule has 1 aromatic rings. The van der Waals surface area contributed by atoms with Gasteiger partial charge in [-0.2, -0.15) is 0 Å². The minimum atomic E-state index is -0.991. The molecule has 17 heavy (non-hydrogen) atoms. The Hall–Kier alpha value is -1.62. The monoisotopic (exact) mass is 238 g/mol. The van der Waals surface area contributed by atoms with Crippen LogP contribution in [0.4, 0.5) is 5.69 Å². The van der Waals surface area contributed by atoms with E-state index in [4.69, 9.17) is 10.2 Å². The van der Waals surface area contributed by atoms with Crippen molar-refractivity contribution in [3.8, 4) is 0 Å². The Labute approximate surface area is 101 Å². The molecule has 5 nitrogen and oxygen atoms in total. The van der Waals surface area contributed by atoms with E-state index >= 15 is 0 Å². The maximum absolute atomic E-state index is 11.0. The van der Waals surface area contributed by atoms with Crippen molar-refractivity contribution in [2.24, 2.45) is 0 Å². The van der Waals surface area contributed by atoms with Crippen LogP contribution in [0.15, 0.2) is 12.3 Å². The molecule has 1 unspecified atom stereocenters. The van der Waals surface area contributed by atoms with Crippen molar-refractivity contribution in [2.45, 2.75) is 32.7 Å². The second-order valence-corrected chi connectivity index (χ2v) is 4.09. The van der Waals surface area contributed by atoms with Crippen LogP contribution in [0.2, 0.25) is 0 Å². The largest absolute Gasteiger partial charge is 0.478 e. The molecule has 0 amide bonds. The summed E-state index contributed by atoms with van der Waals surface area (Å²) < 4.78 is 0. The zero-order valence-electron chi connectivity index (χ0n) is 10.1. The standard InChI is InChI=1S/C12H18N2O3/c1-8(4-3-5-15)14-11-6-9(2)13-7-10(11)12(16)17/h6-8,15H,3-5H2,1-2H3,(H,13,14)(H,16,17). The molecule has 0 radical (unpaired) electrons. The highest BCUT2D eigenvalue weighted by Crippen LogP contribution is 2.17. The summed E-state index contributed by atoms with van der Waals surface area (Å²) in [6.07, 6.45) is 2.84. The number of rotatable bonds is 6. The normalized spacial score (nSPS) is 12.2. The number of aromatic nitrogens is 1. The molecule has 0 saturated heterocycles. The lowest BCUT2D eigenvalue weighted by Gasteiger charge is -2.16. The first-order chi connectivity index (χ1) is 8.04. The molecule has 0 aromatic carbocycles. The molecule has 0 aliphatic carbocycles. The summed E-state index contributed by atoms with van der Waals surface area (Å²) in [5.41, 5.74) is 1.52. The summed E-state index contributed by atoms with van der Waals surface area (Å²) in [5.74, 6) is -0.991. The SMILES string of the molecule is Cc1cc(NC(C)CCCO)c(C(=O)O)cn1. The Morgan fingerprint density at radius 1 is 1.59 bits per heavy atom. The van der Waals surface area contributed by atoms with E-state index in [1.54, 1.807) is 6.07 Å². The maximum atomic E-state index is 11.0. The van der Waals surface area contributed by atoms with Crippen LogP contribution in [0.1, 0.15) is 35.8 Å². The third-order valence-electron chi connectivity index (χ3n) is 2.47. The van der Waals surface area contributed by atoms with E-state index in [-0.39, 0.29) is 18.2 Å². The van der Waals surface area contributed by atoms with Gasteiger partial charge in [0.1, 0.15) is 5.56 Å². The minimum absolute atomic E-state index is 0.113. The third kappa shape index (κ3) is 4.03. The summed E-state index contributed by atoms with van der Waals surface area (Å²) >= 11 is 0. The third-order valence-corrected chi connectivity index (χ3v) is 2.47. The Balaban J connectivity index is 2.81. The molecule has 0 spiro atoms. The number of carbonyl (C=O) groups is 1. The average molecular weight is 238 g/mol. The number of pyridine rings is 1. The van der Waals surface area contributed by atoms with Gasteiger partial charge in [0.05, 0.1) is 5.69 Å². The van der Waals surface area contributed by atoms with Crippen molar-refractivity contribution >= 4 is 11.7 Å². The van der Waals surface area contributed by atoms with E-state index in [1.165, 1.54) is 6.20 Å². The predicted molar refractivity (Wildman–Crippen MR) is 65.3 cm³/mol. The number of aliphatic hydroxyl groups excluding tert-OH is 1. The van der Waals surface area contributed by atoms with Crippen LogP contribution in [-0.2, 0) is 0 Å². The number of nitrogens with one attached hydrogen (secondary N) is 1. The topological polar surface area (TPSA) is 82.5 Å². The van der Waals surface area contributed by atoms with Gasteiger partial charge in [0, 0.05) is 24.5 Å². The van der Waals surface area contributed by atoms with Gasteiger partial charge in [-0.15, -0.1) is 0 Å². The molecule has 3 N–H and O–H groups in total. The smallest absolute Gasteiger partial charge is 0.339 e. The van der Waals surface area contributed by atoms with Gasteiger partial charge in [0.15, 0.2) is 0 Å². The molecular weight excluding hydrogens is 220 g/mol. The highest BCUT2D eigenvalue weighted by molar-refractivity contribution is 5.93. The number of aryl methyl sites for hydroxylation is 1. The summed E-state index contributed by atoms with van der Waals surface area (Å²) in [5, 5.41) is 20.9. The van der Waals surface area contributed by atoms with Crippen molar-refractivity contribution in [1.82, 2.24) is 4.98 Å². The van der Waals surface area contributed by atoms with E-state index in [1.807, 2.05) is 13.8 Å². The van der Waals surface area contributed by atoms with Crippen molar-refractivity contribution in [3.63, 3.8) is 0 Å². The summed E-state index contributed by atoms with van der Waals surface area (Å²) in [7, 11) is 0. The number of hydrogen-bond acceptors (Lipinski definition) is 4. The van der Waals surface area contributed by atoms with Gasteiger partial charge in [-0.25, -0.2) is 4.79 Å². The first kappa shape index (κ1) is 13.4. The number of carboxylic acid groups (broad SMARTS) is 1. The van der Waals surface area contributed by atoms with E-state index in [2.05, 4.69) is 10.3 Å². The second kappa shape index (κ2) is 6.20. The first-order valence-corrected chi connectivity index (χ1v) is 5.62. The fourth-order valence-corrected chi connectivity index (χ4v) is 1.58. The second-order valence-electron chi connectivity index (χ2n) is 4.09. The number of anilines is 1. The Kier molecular flexibility index (Phi) is 4.90. The lowest BCUT2D eigenvalue weighted by molar-refractivity contribution is 0.0697. The van der Waals surface area contributed by atoms with Crippen LogP contribution < -0.4 is 5.32 Å². The molecule has 0 bridgehead atoms. The van der Waals surface area contributed by atoms with Crippen molar-refractivity contribution in [3.05, 3.63) is 23.5 Å². The minimum Gasteiger partial charge on any atom is -0.478 e. The molecular formula is C12H18N2O3. The first-order valence-electron chi connectivity index (χ1n) is 5.62. The average Bonchev–Trinajstić information content (AvgIpc) is 2.26. The number of carboxylic acids is 1. The number of aromatic carboxylic acids is 1. The number of hydrogen-bond donors (Lipinski definition) is 3. The summed E-state index contributed by atoms with van der Waals surface area (Å²) in [6.45, 7) is 3.92. The van der Waals surface area contributed by atoms with Gasteiger partial charge in [0.25, 0.3) is 0 Å². The van der Waals surface area contributed by atoms with Crippen molar-refractivity contribution in [1.29, 1.82) is 0 Å². The highest BCUT2D eigenvalue weighted by atomic mass is 16.4. The Morgan fingerprint density at radius 3 is 2.88 bits per heavy atom. The van der Waals surface area contributed by atoms with Crippen LogP contribution in [-0.4, -0.2) is 33.8 Å². The molecule has 1 heterocycles. The van der Waals surface area contributed by atoms with Gasteiger partial charge < -0.3 is 15.5 Å². The maximum Gasteiger partial charge on any atom is 0.339 e. The molecule has 0 fully saturated rings. The zero-order valence-corrected chi connectivity index (χ0v) is 10.1. The molecule has 0 saturated carbocycles. The van der Waals surface area contributed by atoms with E-state index in [0.717, 1.165) is 12.1 Å². The van der Waals surface area contributed by atoms with Gasteiger partial charge in [-0.05, 0) is 32.8 Å². The number of aliphatic hydroxyl groups is 1. The Bertz CT molecular complexity index is 393. The lowest BCUT2D eigenvalue weighted by atomic mass is 10.1. The fourth-order valence-electron chi connectivity index (χ4n) is 1.58. The van der Waals surface area contributed by atoms with Crippen LogP contribution in [0, 0.1) is 6.92 Å². The number of nitrogens with zero attached hydrogens (tertiary/aromatic N) is 1. The van der Waals surface area contributed by atoms with Gasteiger partial charge in [-0.1, -0.05) is 0 Å². The van der Waals surface area contributed by atoms with Crippen LogP contribution in [0.3, 0.4) is 0 Å². The van der Waals surface area contributed by atoms with E-state index < -0.39 is 5.97 Å². The van der Waals surface area contributed by atoms with Gasteiger partial charge in [-0.3, -0.25) is 4.98 Å². The Morgan fingerprint density at radius 2 is 2.29 bits per heavy atom.